The normalized spacial score (nSPS) is 12.9. The van der Waals surface area contributed by atoms with Crippen molar-refractivity contribution in [3.63, 3.8) is 0 Å². The van der Waals surface area contributed by atoms with Crippen LogP contribution in [0.1, 0.15) is 5.56 Å². The third-order valence-electron chi connectivity index (χ3n) is 2.31. The number of hydrogen-bond acceptors (Lipinski definition) is 2. The molecule has 0 aliphatic carbocycles. The first-order valence-corrected chi connectivity index (χ1v) is 4.57. The van der Waals surface area contributed by atoms with Gasteiger partial charge in [0.25, 0.3) is 0 Å². The van der Waals surface area contributed by atoms with Crippen LogP contribution in [-0.2, 0) is 11.2 Å². The van der Waals surface area contributed by atoms with Crippen LogP contribution >= 0.6 is 0 Å². The Morgan fingerprint density at radius 2 is 2.21 bits per heavy atom. The Labute approximate surface area is 81.9 Å². The van der Waals surface area contributed by atoms with E-state index < -0.39 is 6.04 Å². The fourth-order valence-electron chi connectivity index (χ4n) is 1.60. The number of benzene rings is 1. The second kappa shape index (κ2) is 3.64. The van der Waals surface area contributed by atoms with Crippen molar-refractivity contribution in [1.82, 2.24) is 4.98 Å². The molecule has 1 unspecified atom stereocenters. The molecule has 1 atom stereocenters. The molecule has 1 heterocycles. The molecule has 0 radical (unpaired) electrons. The van der Waals surface area contributed by atoms with E-state index in [1.54, 1.807) is 0 Å². The van der Waals surface area contributed by atoms with Crippen LogP contribution in [0.25, 0.3) is 10.9 Å². The van der Waals surface area contributed by atoms with E-state index in [1.165, 1.54) is 0 Å². The highest BCUT2D eigenvalue weighted by atomic mass is 16.1. The van der Waals surface area contributed by atoms with E-state index in [1.807, 2.05) is 30.5 Å². The summed E-state index contributed by atoms with van der Waals surface area (Å²) in [4.78, 5) is 13.6. The Bertz CT molecular complexity index is 447. The number of carbonyl (C=O) groups excluding carboxylic acids is 1. The molecule has 0 amide bonds. The molecule has 0 aliphatic heterocycles. The van der Waals surface area contributed by atoms with Crippen LogP contribution < -0.4 is 5.73 Å². The van der Waals surface area contributed by atoms with Crippen molar-refractivity contribution in [1.29, 1.82) is 0 Å². The van der Waals surface area contributed by atoms with Gasteiger partial charge in [-0.3, -0.25) is 0 Å². The molecule has 2 rings (SSSR count). The van der Waals surface area contributed by atoms with E-state index in [0.29, 0.717) is 6.42 Å². The van der Waals surface area contributed by atoms with Gasteiger partial charge >= 0.3 is 0 Å². The van der Waals surface area contributed by atoms with Crippen LogP contribution in [-0.4, -0.2) is 17.3 Å². The van der Waals surface area contributed by atoms with Gasteiger partial charge < -0.3 is 15.5 Å². The number of fused-ring (bicyclic) bond motifs is 1. The van der Waals surface area contributed by atoms with Gasteiger partial charge in [0.15, 0.2) is 0 Å². The Morgan fingerprint density at radius 1 is 1.43 bits per heavy atom. The number of aromatic nitrogens is 1. The van der Waals surface area contributed by atoms with Crippen molar-refractivity contribution in [3.8, 4) is 0 Å². The molecule has 1 aromatic carbocycles. The highest BCUT2D eigenvalue weighted by Crippen LogP contribution is 2.18. The summed E-state index contributed by atoms with van der Waals surface area (Å²) >= 11 is 0. The number of nitrogens with two attached hydrogens (primary N) is 1. The van der Waals surface area contributed by atoms with E-state index in [-0.39, 0.29) is 0 Å². The van der Waals surface area contributed by atoms with E-state index in [4.69, 9.17) is 5.73 Å². The van der Waals surface area contributed by atoms with Gasteiger partial charge in [0.2, 0.25) is 0 Å². The van der Waals surface area contributed by atoms with Crippen molar-refractivity contribution >= 4 is 17.2 Å². The fraction of sp³-hybridized carbons (Fsp3) is 0.182. The van der Waals surface area contributed by atoms with Gasteiger partial charge in [0, 0.05) is 17.1 Å². The first-order chi connectivity index (χ1) is 6.81. The third kappa shape index (κ3) is 1.54. The molecule has 0 fully saturated rings. The van der Waals surface area contributed by atoms with Gasteiger partial charge in [0.05, 0.1) is 6.04 Å². The predicted molar refractivity (Wildman–Crippen MR) is 56.0 cm³/mol. The highest BCUT2D eigenvalue weighted by Gasteiger charge is 2.06. The first kappa shape index (κ1) is 8.97. The largest absolute Gasteiger partial charge is 0.361 e. The summed E-state index contributed by atoms with van der Waals surface area (Å²) in [6.07, 6.45) is 3.28. The van der Waals surface area contributed by atoms with E-state index >= 15 is 0 Å². The van der Waals surface area contributed by atoms with Crippen LogP contribution in [0.15, 0.2) is 30.5 Å². The summed E-state index contributed by atoms with van der Waals surface area (Å²) in [5.74, 6) is 0. The van der Waals surface area contributed by atoms with Crippen LogP contribution in [0.4, 0.5) is 0 Å². The minimum Gasteiger partial charge on any atom is -0.361 e. The number of hydrogen-bond donors (Lipinski definition) is 2. The number of aldehydes is 1. The zero-order valence-electron chi connectivity index (χ0n) is 7.73. The van der Waals surface area contributed by atoms with Gasteiger partial charge in [-0.15, -0.1) is 0 Å². The third-order valence-corrected chi connectivity index (χ3v) is 2.31. The second-order valence-corrected chi connectivity index (χ2v) is 3.36. The van der Waals surface area contributed by atoms with Gasteiger partial charge in [-0.05, 0) is 18.1 Å². The summed E-state index contributed by atoms with van der Waals surface area (Å²) in [6.45, 7) is 0. The van der Waals surface area contributed by atoms with Crippen molar-refractivity contribution in [2.45, 2.75) is 12.5 Å². The van der Waals surface area contributed by atoms with E-state index in [2.05, 4.69) is 4.98 Å². The lowest BCUT2D eigenvalue weighted by molar-refractivity contribution is -0.108. The lowest BCUT2D eigenvalue weighted by atomic mass is 10.1. The predicted octanol–water partition coefficient (Wildman–Crippen LogP) is 1.24. The number of carbonyl (C=O) groups is 1. The molecule has 0 bridgehead atoms. The van der Waals surface area contributed by atoms with Crippen LogP contribution in [0.5, 0.6) is 0 Å². The number of para-hydroxylation sites is 1. The van der Waals surface area contributed by atoms with Gasteiger partial charge in [-0.25, -0.2) is 0 Å². The molecule has 72 valence electrons. The zero-order valence-corrected chi connectivity index (χ0v) is 7.73. The van der Waals surface area contributed by atoms with Crippen LogP contribution in [0.2, 0.25) is 0 Å². The minimum atomic E-state index is -0.408. The molecule has 3 nitrogen and oxygen atoms in total. The average Bonchev–Trinajstić information content (AvgIpc) is 2.62. The molecule has 2 aromatic rings. The number of nitrogens with one attached hydrogen (secondary N) is 1. The lowest BCUT2D eigenvalue weighted by Crippen LogP contribution is -2.23. The Kier molecular flexibility index (Phi) is 2.33. The Morgan fingerprint density at radius 3 is 3.00 bits per heavy atom. The SMILES string of the molecule is NC(C=O)Cc1c[nH]c2ccccc12. The molecule has 0 aliphatic rings. The smallest absolute Gasteiger partial charge is 0.137 e. The molecule has 3 N–H and O–H groups in total. The molecule has 14 heavy (non-hydrogen) atoms. The first-order valence-electron chi connectivity index (χ1n) is 4.57. The highest BCUT2D eigenvalue weighted by molar-refractivity contribution is 5.83. The summed E-state index contributed by atoms with van der Waals surface area (Å²) in [7, 11) is 0. The zero-order chi connectivity index (χ0) is 9.97. The maximum absolute atomic E-state index is 10.4. The summed E-state index contributed by atoms with van der Waals surface area (Å²) < 4.78 is 0. The van der Waals surface area contributed by atoms with E-state index in [0.717, 1.165) is 22.8 Å². The number of aromatic amines is 1. The van der Waals surface area contributed by atoms with Crippen LogP contribution in [0, 0.1) is 0 Å². The van der Waals surface area contributed by atoms with Crippen molar-refractivity contribution in [2.24, 2.45) is 5.73 Å². The minimum absolute atomic E-state index is 0.408. The monoisotopic (exact) mass is 188 g/mol. The molecular weight excluding hydrogens is 176 g/mol. The fourth-order valence-corrected chi connectivity index (χ4v) is 1.60. The maximum atomic E-state index is 10.4. The summed E-state index contributed by atoms with van der Waals surface area (Å²) in [5.41, 5.74) is 7.75. The molecule has 0 saturated carbocycles. The summed E-state index contributed by atoms with van der Waals surface area (Å²) in [5, 5.41) is 1.14. The summed E-state index contributed by atoms with van der Waals surface area (Å²) in [6, 6.07) is 7.58. The number of rotatable bonds is 3. The van der Waals surface area contributed by atoms with Gasteiger partial charge in [-0.2, -0.15) is 0 Å². The van der Waals surface area contributed by atoms with Gasteiger partial charge in [0.1, 0.15) is 6.29 Å². The molecule has 1 aromatic heterocycles. The topological polar surface area (TPSA) is 58.9 Å². The Hall–Kier alpha value is -1.61. The van der Waals surface area contributed by atoms with Gasteiger partial charge in [-0.1, -0.05) is 18.2 Å². The van der Waals surface area contributed by atoms with Crippen molar-refractivity contribution < 1.29 is 4.79 Å². The molecule has 3 heteroatoms. The lowest BCUT2D eigenvalue weighted by Gasteiger charge is -2.01. The standard InChI is InChI=1S/C11H12N2O/c12-9(7-14)5-8-6-13-11-4-2-1-3-10(8)11/h1-4,6-7,9,13H,5,12H2. The molecule has 0 spiro atoms. The number of H-pyrrole nitrogens is 1. The second-order valence-electron chi connectivity index (χ2n) is 3.36. The van der Waals surface area contributed by atoms with Crippen molar-refractivity contribution in [3.05, 3.63) is 36.0 Å². The Balaban J connectivity index is 2.38. The van der Waals surface area contributed by atoms with Crippen molar-refractivity contribution in [2.75, 3.05) is 0 Å². The quantitative estimate of drug-likeness (QED) is 0.712. The molecular formula is C11H12N2O. The van der Waals surface area contributed by atoms with E-state index in [9.17, 15) is 4.79 Å². The maximum Gasteiger partial charge on any atom is 0.137 e. The average molecular weight is 188 g/mol. The molecule has 0 saturated heterocycles. The van der Waals surface area contributed by atoms with Crippen LogP contribution in [0.3, 0.4) is 0 Å².